The number of rotatable bonds is 7. The fourth-order valence-corrected chi connectivity index (χ4v) is 3.70. The Hall–Kier alpha value is -2.29. The minimum atomic E-state index is 0.123. The van der Waals surface area contributed by atoms with Gasteiger partial charge >= 0.3 is 0 Å². The molecular formula is C22H28N2O. The molecule has 0 spiro atoms. The van der Waals surface area contributed by atoms with Crippen LogP contribution in [0.25, 0.3) is 0 Å². The normalized spacial score (nSPS) is 15.0. The molecule has 3 rings (SSSR count). The van der Waals surface area contributed by atoms with Crippen molar-refractivity contribution in [3.05, 3.63) is 72.6 Å². The molecule has 0 aliphatic heterocycles. The monoisotopic (exact) mass is 336 g/mol. The van der Waals surface area contributed by atoms with Crippen LogP contribution >= 0.6 is 0 Å². The van der Waals surface area contributed by atoms with Crippen molar-refractivity contribution in [1.29, 1.82) is 0 Å². The second kappa shape index (κ2) is 8.70. The van der Waals surface area contributed by atoms with Gasteiger partial charge in [0.1, 0.15) is 0 Å². The van der Waals surface area contributed by atoms with Crippen molar-refractivity contribution in [1.82, 2.24) is 9.47 Å². The molecule has 1 aliphatic carbocycles. The summed E-state index contributed by atoms with van der Waals surface area (Å²) in [5, 5.41) is 0. The smallest absolute Gasteiger partial charge is 0.254 e. The quantitative estimate of drug-likeness (QED) is 0.670. The van der Waals surface area contributed by atoms with E-state index in [4.69, 9.17) is 0 Å². The highest BCUT2D eigenvalue weighted by molar-refractivity contribution is 5.94. The third-order valence-electron chi connectivity index (χ3n) is 5.07. The summed E-state index contributed by atoms with van der Waals surface area (Å²) in [6, 6.07) is 12.1. The first-order chi connectivity index (χ1) is 12.3. The zero-order valence-electron chi connectivity index (χ0n) is 14.9. The lowest BCUT2D eigenvalue weighted by Crippen LogP contribution is -2.36. The van der Waals surface area contributed by atoms with Gasteiger partial charge < -0.3 is 9.47 Å². The molecule has 0 saturated heterocycles. The summed E-state index contributed by atoms with van der Waals surface area (Å²) in [7, 11) is 0. The van der Waals surface area contributed by atoms with E-state index in [0.717, 1.165) is 18.7 Å². The molecule has 25 heavy (non-hydrogen) atoms. The van der Waals surface area contributed by atoms with Crippen LogP contribution in [-0.2, 0) is 6.54 Å². The second-order valence-corrected chi connectivity index (χ2v) is 7.06. The fraction of sp³-hybridized carbons (Fsp3) is 0.409. The van der Waals surface area contributed by atoms with E-state index in [0.29, 0.717) is 12.5 Å². The van der Waals surface area contributed by atoms with Gasteiger partial charge in [0.2, 0.25) is 0 Å². The first-order valence-corrected chi connectivity index (χ1v) is 9.36. The van der Waals surface area contributed by atoms with E-state index in [9.17, 15) is 4.79 Å². The number of carbonyl (C=O) groups is 1. The molecule has 132 valence electrons. The molecule has 1 aliphatic rings. The maximum absolute atomic E-state index is 12.9. The van der Waals surface area contributed by atoms with Crippen LogP contribution in [0.5, 0.6) is 0 Å². The van der Waals surface area contributed by atoms with E-state index >= 15 is 0 Å². The number of hydrogen-bond donors (Lipinski definition) is 0. The Kier molecular flexibility index (Phi) is 6.10. The molecule has 3 heteroatoms. The fourth-order valence-electron chi connectivity index (χ4n) is 3.70. The standard InChI is InChI=1S/C22H28N2O/c1-2-14-24(18-19-8-4-3-5-9-19)22(25)21-12-10-20(11-13-21)17-23-15-6-7-16-23/h2,6-7,10-13,15-16,19H,1,3-5,8-9,14,17-18H2. The summed E-state index contributed by atoms with van der Waals surface area (Å²) < 4.78 is 2.13. The summed E-state index contributed by atoms with van der Waals surface area (Å²) in [5.41, 5.74) is 1.98. The van der Waals surface area contributed by atoms with Gasteiger partial charge in [-0.1, -0.05) is 37.5 Å². The van der Waals surface area contributed by atoms with Crippen molar-refractivity contribution in [2.45, 2.75) is 38.6 Å². The predicted molar refractivity (Wildman–Crippen MR) is 103 cm³/mol. The van der Waals surface area contributed by atoms with Crippen LogP contribution in [0.4, 0.5) is 0 Å². The van der Waals surface area contributed by atoms with Crippen molar-refractivity contribution < 1.29 is 4.79 Å². The number of aromatic nitrogens is 1. The number of amides is 1. The molecule has 1 amide bonds. The predicted octanol–water partition coefficient (Wildman–Crippen LogP) is 4.74. The Balaban J connectivity index is 1.64. The van der Waals surface area contributed by atoms with Crippen LogP contribution in [0.15, 0.2) is 61.4 Å². The third-order valence-corrected chi connectivity index (χ3v) is 5.07. The van der Waals surface area contributed by atoms with Gasteiger partial charge in [-0.25, -0.2) is 0 Å². The molecule has 0 bridgehead atoms. The molecule has 2 aromatic rings. The summed E-state index contributed by atoms with van der Waals surface area (Å²) in [4.78, 5) is 14.9. The Labute approximate surface area is 151 Å². The molecule has 0 unspecified atom stereocenters. The Morgan fingerprint density at radius 2 is 1.80 bits per heavy atom. The van der Waals surface area contributed by atoms with Crippen molar-refractivity contribution in [3.63, 3.8) is 0 Å². The number of benzene rings is 1. The minimum absolute atomic E-state index is 0.123. The Bertz CT molecular complexity index is 667. The lowest BCUT2D eigenvalue weighted by atomic mass is 9.89. The van der Waals surface area contributed by atoms with E-state index in [1.165, 1.54) is 37.7 Å². The van der Waals surface area contributed by atoms with E-state index in [1.54, 1.807) is 0 Å². The largest absolute Gasteiger partial charge is 0.350 e. The highest BCUT2D eigenvalue weighted by atomic mass is 16.2. The van der Waals surface area contributed by atoms with Crippen molar-refractivity contribution >= 4 is 5.91 Å². The van der Waals surface area contributed by atoms with Crippen LogP contribution in [0, 0.1) is 5.92 Å². The third kappa shape index (κ3) is 4.85. The van der Waals surface area contributed by atoms with Crippen molar-refractivity contribution in [3.8, 4) is 0 Å². The molecule has 3 nitrogen and oxygen atoms in total. The first-order valence-electron chi connectivity index (χ1n) is 9.36. The van der Waals surface area contributed by atoms with E-state index in [1.807, 2.05) is 35.2 Å². The lowest BCUT2D eigenvalue weighted by molar-refractivity contribution is 0.0735. The van der Waals surface area contributed by atoms with E-state index in [2.05, 4.69) is 35.7 Å². The zero-order chi connectivity index (χ0) is 17.5. The summed E-state index contributed by atoms with van der Waals surface area (Å²) in [6.45, 7) is 6.14. The molecule has 0 atom stereocenters. The topological polar surface area (TPSA) is 25.2 Å². The summed E-state index contributed by atoms with van der Waals surface area (Å²) in [6.07, 6.45) is 12.4. The minimum Gasteiger partial charge on any atom is -0.350 e. The van der Waals surface area contributed by atoms with Crippen LogP contribution in [0.3, 0.4) is 0 Å². The Morgan fingerprint density at radius 1 is 1.12 bits per heavy atom. The highest BCUT2D eigenvalue weighted by Gasteiger charge is 2.21. The lowest BCUT2D eigenvalue weighted by Gasteiger charge is -2.29. The van der Waals surface area contributed by atoms with Crippen molar-refractivity contribution in [2.24, 2.45) is 5.92 Å². The first kappa shape index (κ1) is 17.5. The average molecular weight is 336 g/mol. The maximum Gasteiger partial charge on any atom is 0.254 e. The molecule has 0 radical (unpaired) electrons. The van der Waals surface area contributed by atoms with Gasteiger partial charge in [0, 0.05) is 37.6 Å². The Morgan fingerprint density at radius 3 is 2.44 bits per heavy atom. The summed E-state index contributed by atoms with van der Waals surface area (Å²) in [5.74, 6) is 0.767. The zero-order valence-corrected chi connectivity index (χ0v) is 14.9. The molecule has 1 heterocycles. The molecule has 1 fully saturated rings. The number of nitrogens with zero attached hydrogens (tertiary/aromatic N) is 2. The van der Waals surface area contributed by atoms with Gasteiger partial charge in [0.05, 0.1) is 0 Å². The SMILES string of the molecule is C=CCN(CC1CCCCC1)C(=O)c1ccc(Cn2cccc2)cc1. The van der Waals surface area contributed by atoms with Gasteiger partial charge in [-0.3, -0.25) is 4.79 Å². The molecule has 1 saturated carbocycles. The maximum atomic E-state index is 12.9. The van der Waals surface area contributed by atoms with Crippen LogP contribution in [0.2, 0.25) is 0 Å². The van der Waals surface area contributed by atoms with Gasteiger partial charge in [-0.05, 0) is 48.6 Å². The van der Waals surface area contributed by atoms with Crippen LogP contribution in [-0.4, -0.2) is 28.5 Å². The molecular weight excluding hydrogens is 308 g/mol. The number of hydrogen-bond acceptors (Lipinski definition) is 1. The van der Waals surface area contributed by atoms with E-state index < -0.39 is 0 Å². The van der Waals surface area contributed by atoms with Gasteiger partial charge in [0.25, 0.3) is 5.91 Å². The van der Waals surface area contributed by atoms with Gasteiger partial charge in [-0.2, -0.15) is 0 Å². The number of carbonyl (C=O) groups excluding carboxylic acids is 1. The van der Waals surface area contributed by atoms with Crippen molar-refractivity contribution in [2.75, 3.05) is 13.1 Å². The highest BCUT2D eigenvalue weighted by Crippen LogP contribution is 2.25. The molecule has 1 aromatic heterocycles. The molecule has 1 aromatic carbocycles. The van der Waals surface area contributed by atoms with Gasteiger partial charge in [-0.15, -0.1) is 6.58 Å². The summed E-state index contributed by atoms with van der Waals surface area (Å²) >= 11 is 0. The second-order valence-electron chi connectivity index (χ2n) is 7.06. The van der Waals surface area contributed by atoms with E-state index in [-0.39, 0.29) is 5.91 Å². The van der Waals surface area contributed by atoms with Crippen LogP contribution < -0.4 is 0 Å². The molecule has 0 N–H and O–H groups in total. The average Bonchev–Trinajstić information content (AvgIpc) is 3.15. The van der Waals surface area contributed by atoms with Gasteiger partial charge in [0.15, 0.2) is 0 Å². The van der Waals surface area contributed by atoms with Crippen LogP contribution in [0.1, 0.15) is 48.0 Å².